The number of ether oxygens (including phenoxy) is 1. The largest absolute Gasteiger partial charge is 0.383 e. The van der Waals surface area contributed by atoms with Gasteiger partial charge in [-0.15, -0.1) is 0 Å². The molecule has 4 heteroatoms. The summed E-state index contributed by atoms with van der Waals surface area (Å²) in [7, 11) is 1.67. The van der Waals surface area contributed by atoms with Crippen LogP contribution in [0.1, 0.15) is 35.7 Å². The van der Waals surface area contributed by atoms with Crippen LogP contribution in [-0.2, 0) is 4.74 Å². The van der Waals surface area contributed by atoms with E-state index in [1.807, 2.05) is 30.0 Å². The number of carbonyl (C=O) groups is 1. The van der Waals surface area contributed by atoms with Crippen molar-refractivity contribution >= 4 is 21.8 Å². The fourth-order valence-corrected chi connectivity index (χ4v) is 2.89. The third kappa shape index (κ3) is 3.61. The maximum absolute atomic E-state index is 12.8. The number of halogens is 1. The van der Waals surface area contributed by atoms with Gasteiger partial charge in [0.15, 0.2) is 0 Å². The van der Waals surface area contributed by atoms with Crippen LogP contribution in [0, 0.1) is 12.8 Å². The number of hydrogen-bond donors (Lipinski definition) is 0. The summed E-state index contributed by atoms with van der Waals surface area (Å²) in [5, 5.41) is 0. The third-order valence-corrected chi connectivity index (χ3v) is 4.64. The van der Waals surface area contributed by atoms with E-state index in [-0.39, 0.29) is 11.9 Å². The maximum atomic E-state index is 12.8. The zero-order valence-corrected chi connectivity index (χ0v) is 13.9. The van der Waals surface area contributed by atoms with E-state index in [0.717, 1.165) is 15.6 Å². The number of rotatable bonds is 6. The summed E-state index contributed by atoms with van der Waals surface area (Å²) in [4.78, 5) is 14.8. The molecule has 1 saturated carbocycles. The number of hydrogen-bond acceptors (Lipinski definition) is 2. The van der Waals surface area contributed by atoms with Crippen LogP contribution in [-0.4, -0.2) is 37.1 Å². The van der Waals surface area contributed by atoms with E-state index < -0.39 is 0 Å². The molecule has 1 aliphatic carbocycles. The molecule has 0 N–H and O–H groups in total. The second kappa shape index (κ2) is 6.72. The minimum atomic E-state index is 0.0945. The van der Waals surface area contributed by atoms with E-state index in [0.29, 0.717) is 19.1 Å². The molecule has 20 heavy (non-hydrogen) atoms. The second-order valence-corrected chi connectivity index (χ2v) is 6.41. The smallest absolute Gasteiger partial charge is 0.255 e. The highest BCUT2D eigenvalue weighted by molar-refractivity contribution is 9.10. The number of methoxy groups -OCH3 is 1. The summed E-state index contributed by atoms with van der Waals surface area (Å²) in [6.45, 7) is 5.38. The summed E-state index contributed by atoms with van der Waals surface area (Å²) < 4.78 is 6.02. The van der Waals surface area contributed by atoms with Crippen molar-refractivity contribution in [3.8, 4) is 0 Å². The van der Waals surface area contributed by atoms with Gasteiger partial charge in [-0.05, 0) is 60.7 Å². The normalized spacial score (nSPS) is 16.0. The summed E-state index contributed by atoms with van der Waals surface area (Å²) in [5.74, 6) is 0.747. The molecule has 3 nitrogen and oxygen atoms in total. The lowest BCUT2D eigenvalue weighted by molar-refractivity contribution is 0.0593. The van der Waals surface area contributed by atoms with Crippen LogP contribution in [0.5, 0.6) is 0 Å². The van der Waals surface area contributed by atoms with Gasteiger partial charge in [-0.25, -0.2) is 0 Å². The molecule has 0 aromatic heterocycles. The number of nitrogens with zero attached hydrogens (tertiary/aromatic N) is 1. The minimum Gasteiger partial charge on any atom is -0.383 e. The van der Waals surface area contributed by atoms with Gasteiger partial charge in [0, 0.05) is 24.2 Å². The van der Waals surface area contributed by atoms with E-state index >= 15 is 0 Å². The van der Waals surface area contributed by atoms with Crippen LogP contribution in [0.15, 0.2) is 22.7 Å². The van der Waals surface area contributed by atoms with Gasteiger partial charge in [-0.1, -0.05) is 11.6 Å². The van der Waals surface area contributed by atoms with E-state index in [2.05, 4.69) is 22.9 Å². The average molecular weight is 340 g/mol. The van der Waals surface area contributed by atoms with Crippen molar-refractivity contribution in [3.63, 3.8) is 0 Å². The minimum absolute atomic E-state index is 0.0945. The Morgan fingerprint density at radius 2 is 2.20 bits per heavy atom. The first kappa shape index (κ1) is 15.5. The van der Waals surface area contributed by atoms with E-state index in [4.69, 9.17) is 4.74 Å². The second-order valence-electron chi connectivity index (χ2n) is 5.55. The molecule has 0 bridgehead atoms. The molecule has 1 aromatic rings. The Bertz CT molecular complexity index is 485. The van der Waals surface area contributed by atoms with Gasteiger partial charge < -0.3 is 9.64 Å². The molecule has 0 spiro atoms. The van der Waals surface area contributed by atoms with Crippen LogP contribution >= 0.6 is 15.9 Å². The molecule has 110 valence electrons. The molecule has 1 aliphatic rings. The van der Waals surface area contributed by atoms with E-state index in [9.17, 15) is 4.79 Å². The Labute approximate surface area is 129 Å². The number of carbonyl (C=O) groups excluding carboxylic acids is 1. The van der Waals surface area contributed by atoms with Crippen molar-refractivity contribution in [1.82, 2.24) is 4.90 Å². The van der Waals surface area contributed by atoms with Gasteiger partial charge >= 0.3 is 0 Å². The summed E-state index contributed by atoms with van der Waals surface area (Å²) >= 11 is 3.49. The van der Waals surface area contributed by atoms with Crippen molar-refractivity contribution in [2.75, 3.05) is 20.3 Å². The lowest BCUT2D eigenvalue weighted by Gasteiger charge is -2.29. The lowest BCUT2D eigenvalue weighted by Crippen LogP contribution is -2.42. The van der Waals surface area contributed by atoms with Crippen LogP contribution in [0.2, 0.25) is 0 Å². The van der Waals surface area contributed by atoms with Crippen LogP contribution in [0.3, 0.4) is 0 Å². The zero-order valence-electron chi connectivity index (χ0n) is 12.4. The lowest BCUT2D eigenvalue weighted by atomic mass is 10.1. The fourth-order valence-electron chi connectivity index (χ4n) is 2.47. The van der Waals surface area contributed by atoms with Gasteiger partial charge in [0.2, 0.25) is 0 Å². The number of aryl methyl sites for hydroxylation is 1. The van der Waals surface area contributed by atoms with Gasteiger partial charge in [-0.2, -0.15) is 0 Å². The molecule has 1 fully saturated rings. The van der Waals surface area contributed by atoms with Gasteiger partial charge in [0.05, 0.1) is 12.2 Å². The molecule has 1 atom stereocenters. The Hall–Kier alpha value is -0.870. The molecule has 0 radical (unpaired) electrons. The van der Waals surface area contributed by atoms with E-state index in [1.165, 1.54) is 12.8 Å². The monoisotopic (exact) mass is 339 g/mol. The first-order valence-electron chi connectivity index (χ1n) is 7.10. The number of amides is 1. The fraction of sp³-hybridized carbons (Fsp3) is 0.562. The molecule has 1 aromatic carbocycles. The van der Waals surface area contributed by atoms with Crippen LogP contribution in [0.25, 0.3) is 0 Å². The maximum Gasteiger partial charge on any atom is 0.255 e. The van der Waals surface area contributed by atoms with Crippen molar-refractivity contribution in [2.45, 2.75) is 32.7 Å². The molecule has 1 amide bonds. The highest BCUT2D eigenvalue weighted by atomic mass is 79.9. The standard InChI is InChI=1S/C16H22BrNO2/c1-11-4-7-15(17)14(10-11)16(19)18(8-9-20-3)12(2)13-5-6-13/h4,7,10,12-13H,5-6,8-9H2,1-3H3. The van der Waals surface area contributed by atoms with Crippen molar-refractivity contribution < 1.29 is 9.53 Å². The Morgan fingerprint density at radius 1 is 1.50 bits per heavy atom. The molecular formula is C16H22BrNO2. The zero-order chi connectivity index (χ0) is 14.7. The predicted octanol–water partition coefficient (Wildman–Crippen LogP) is 3.64. The molecule has 0 heterocycles. The average Bonchev–Trinajstić information content (AvgIpc) is 3.26. The third-order valence-electron chi connectivity index (χ3n) is 3.95. The summed E-state index contributed by atoms with van der Waals surface area (Å²) in [6.07, 6.45) is 2.46. The van der Waals surface area contributed by atoms with Gasteiger partial charge in [0.1, 0.15) is 0 Å². The summed E-state index contributed by atoms with van der Waals surface area (Å²) in [6, 6.07) is 6.18. The highest BCUT2D eigenvalue weighted by Crippen LogP contribution is 2.36. The SMILES string of the molecule is COCCN(C(=O)c1cc(C)ccc1Br)C(C)C1CC1. The van der Waals surface area contributed by atoms with Crippen molar-refractivity contribution in [1.29, 1.82) is 0 Å². The molecule has 0 saturated heterocycles. The molecule has 1 unspecified atom stereocenters. The first-order valence-corrected chi connectivity index (χ1v) is 7.90. The number of benzene rings is 1. The Kier molecular flexibility index (Phi) is 5.22. The Balaban J connectivity index is 2.22. The first-order chi connectivity index (χ1) is 9.54. The topological polar surface area (TPSA) is 29.5 Å². The molecule has 0 aliphatic heterocycles. The van der Waals surface area contributed by atoms with Crippen molar-refractivity contribution in [3.05, 3.63) is 33.8 Å². The van der Waals surface area contributed by atoms with Gasteiger partial charge in [0.25, 0.3) is 5.91 Å². The van der Waals surface area contributed by atoms with Crippen molar-refractivity contribution in [2.24, 2.45) is 5.92 Å². The van der Waals surface area contributed by atoms with Crippen LogP contribution in [0.4, 0.5) is 0 Å². The Morgan fingerprint density at radius 3 is 2.80 bits per heavy atom. The summed E-state index contributed by atoms with van der Waals surface area (Å²) in [5.41, 5.74) is 1.84. The van der Waals surface area contributed by atoms with Crippen LogP contribution < -0.4 is 0 Å². The predicted molar refractivity (Wildman–Crippen MR) is 84.0 cm³/mol. The molecule has 2 rings (SSSR count). The quantitative estimate of drug-likeness (QED) is 0.791. The highest BCUT2D eigenvalue weighted by Gasteiger charge is 2.34. The van der Waals surface area contributed by atoms with E-state index in [1.54, 1.807) is 7.11 Å². The molecular weight excluding hydrogens is 318 g/mol. The van der Waals surface area contributed by atoms with Gasteiger partial charge in [-0.3, -0.25) is 4.79 Å².